The smallest absolute Gasteiger partial charge is 0.233 e. The van der Waals surface area contributed by atoms with Crippen LogP contribution in [0.15, 0.2) is 42.6 Å². The molecule has 0 unspecified atom stereocenters. The number of hydrogen-bond acceptors (Lipinski definition) is 4. The molecule has 24 heavy (non-hydrogen) atoms. The first kappa shape index (κ1) is 18.2. The fraction of sp³-hybridized carbons (Fsp3) is 0.412. The molecule has 1 aromatic carbocycles. The minimum absolute atomic E-state index is 0.0418. The van der Waals surface area contributed by atoms with E-state index in [1.807, 2.05) is 37.3 Å². The minimum Gasteiger partial charge on any atom is -0.309 e. The molecule has 0 aliphatic heterocycles. The summed E-state index contributed by atoms with van der Waals surface area (Å²) in [7, 11) is -3.03. The Hall–Kier alpha value is -2.15. The number of carbonyl (C=O) groups is 1. The molecule has 2 aromatic rings. The van der Waals surface area contributed by atoms with E-state index in [9.17, 15) is 13.2 Å². The molecular formula is C17H23N3O3S. The summed E-state index contributed by atoms with van der Waals surface area (Å²) in [6.45, 7) is 3.87. The van der Waals surface area contributed by atoms with E-state index in [4.69, 9.17) is 0 Å². The lowest BCUT2D eigenvalue weighted by molar-refractivity contribution is -0.117. The molecular weight excluding hydrogens is 326 g/mol. The first-order chi connectivity index (χ1) is 11.4. The number of amides is 1. The van der Waals surface area contributed by atoms with Crippen molar-refractivity contribution in [2.75, 3.05) is 16.8 Å². The predicted molar refractivity (Wildman–Crippen MR) is 94.7 cm³/mol. The van der Waals surface area contributed by atoms with Gasteiger partial charge in [0, 0.05) is 18.0 Å². The number of hydrogen-bond donors (Lipinski definition) is 1. The van der Waals surface area contributed by atoms with Gasteiger partial charge in [0.05, 0.1) is 18.2 Å². The lowest BCUT2D eigenvalue weighted by Gasteiger charge is -2.14. The zero-order valence-corrected chi connectivity index (χ0v) is 14.8. The van der Waals surface area contributed by atoms with Crippen LogP contribution in [0.25, 0.3) is 0 Å². The van der Waals surface area contributed by atoms with E-state index < -0.39 is 9.84 Å². The summed E-state index contributed by atoms with van der Waals surface area (Å²) < 4.78 is 24.6. The zero-order valence-electron chi connectivity index (χ0n) is 14.0. The van der Waals surface area contributed by atoms with E-state index in [0.717, 1.165) is 5.56 Å². The van der Waals surface area contributed by atoms with Gasteiger partial charge in [-0.3, -0.25) is 9.48 Å². The van der Waals surface area contributed by atoms with Gasteiger partial charge in [0.25, 0.3) is 0 Å². The second-order valence-electron chi connectivity index (χ2n) is 5.56. The zero-order chi connectivity index (χ0) is 17.6. The number of benzene rings is 1. The van der Waals surface area contributed by atoms with E-state index in [1.54, 1.807) is 19.2 Å². The number of rotatable bonds is 8. The van der Waals surface area contributed by atoms with Crippen LogP contribution in [-0.2, 0) is 21.2 Å². The van der Waals surface area contributed by atoms with E-state index in [0.29, 0.717) is 12.2 Å². The summed E-state index contributed by atoms with van der Waals surface area (Å²) in [5, 5.41) is 7.02. The number of nitrogens with zero attached hydrogens (tertiary/aromatic N) is 2. The lowest BCUT2D eigenvalue weighted by Crippen LogP contribution is -2.21. The van der Waals surface area contributed by atoms with Gasteiger partial charge in [-0.1, -0.05) is 44.2 Å². The molecule has 0 bridgehead atoms. The summed E-state index contributed by atoms with van der Waals surface area (Å²) in [5.41, 5.74) is 0.964. The van der Waals surface area contributed by atoms with Crippen LogP contribution in [0.4, 0.5) is 5.82 Å². The normalized spacial score (nSPS) is 12.8. The molecule has 0 radical (unpaired) electrons. The standard InChI is InChI=1S/C17H23N3O3S/c1-3-15(14-8-6-5-7-9-14)17(21)18-16-10-11-20(19-16)12-13-24(22,23)4-2/h5-11,15H,3-4,12-13H2,1-2H3,(H,18,19,21)/t15-/m1/s1. The van der Waals surface area contributed by atoms with E-state index >= 15 is 0 Å². The number of carbonyl (C=O) groups excluding carboxylic acids is 1. The summed E-state index contributed by atoms with van der Waals surface area (Å²) in [6, 6.07) is 11.3. The third-order valence-electron chi connectivity index (χ3n) is 3.89. The van der Waals surface area contributed by atoms with Gasteiger partial charge in [0.1, 0.15) is 0 Å². The Balaban J connectivity index is 1.99. The highest BCUT2D eigenvalue weighted by Gasteiger charge is 2.19. The van der Waals surface area contributed by atoms with Crippen LogP contribution in [0.2, 0.25) is 0 Å². The molecule has 2 rings (SSSR count). The van der Waals surface area contributed by atoms with Crippen LogP contribution in [0.5, 0.6) is 0 Å². The van der Waals surface area contributed by atoms with Crippen molar-refractivity contribution >= 4 is 21.6 Å². The Labute approximate surface area is 142 Å². The Morgan fingerprint density at radius 2 is 1.92 bits per heavy atom. The second kappa shape index (κ2) is 8.10. The van der Waals surface area contributed by atoms with Crippen LogP contribution < -0.4 is 5.32 Å². The fourth-order valence-corrected chi connectivity index (χ4v) is 3.15. The maximum atomic E-state index is 12.5. The average Bonchev–Trinajstić information content (AvgIpc) is 3.02. The number of aryl methyl sites for hydroxylation is 1. The fourth-order valence-electron chi connectivity index (χ4n) is 2.40. The molecule has 1 amide bonds. The second-order valence-corrected chi connectivity index (χ2v) is 8.03. The predicted octanol–water partition coefficient (Wildman–Crippen LogP) is 2.45. The average molecular weight is 349 g/mol. The molecule has 1 N–H and O–H groups in total. The van der Waals surface area contributed by atoms with Gasteiger partial charge >= 0.3 is 0 Å². The van der Waals surface area contributed by atoms with Gasteiger partial charge in [-0.15, -0.1) is 0 Å². The Morgan fingerprint density at radius 3 is 2.54 bits per heavy atom. The van der Waals surface area contributed by atoms with Gasteiger partial charge in [0.2, 0.25) is 5.91 Å². The number of nitrogens with one attached hydrogen (secondary N) is 1. The van der Waals surface area contributed by atoms with Crippen molar-refractivity contribution < 1.29 is 13.2 Å². The Bertz CT molecular complexity index is 769. The minimum atomic E-state index is -3.03. The van der Waals surface area contributed by atoms with Crippen molar-refractivity contribution in [2.24, 2.45) is 0 Å². The number of anilines is 1. The molecule has 0 saturated carbocycles. The Morgan fingerprint density at radius 1 is 1.21 bits per heavy atom. The lowest BCUT2D eigenvalue weighted by atomic mass is 9.96. The maximum absolute atomic E-state index is 12.5. The van der Waals surface area contributed by atoms with Gasteiger partial charge in [-0.2, -0.15) is 5.10 Å². The molecule has 1 aromatic heterocycles. The maximum Gasteiger partial charge on any atom is 0.233 e. The van der Waals surface area contributed by atoms with Crippen molar-refractivity contribution in [2.45, 2.75) is 32.7 Å². The van der Waals surface area contributed by atoms with Gasteiger partial charge in [0.15, 0.2) is 15.7 Å². The van der Waals surface area contributed by atoms with Crippen LogP contribution in [0, 0.1) is 0 Å². The summed E-state index contributed by atoms with van der Waals surface area (Å²) in [5.74, 6) is 0.239. The van der Waals surface area contributed by atoms with Crippen LogP contribution >= 0.6 is 0 Å². The monoisotopic (exact) mass is 349 g/mol. The van der Waals surface area contributed by atoms with E-state index in [2.05, 4.69) is 10.4 Å². The highest BCUT2D eigenvalue weighted by molar-refractivity contribution is 7.91. The first-order valence-electron chi connectivity index (χ1n) is 8.05. The molecule has 0 aliphatic rings. The molecule has 1 atom stereocenters. The van der Waals surface area contributed by atoms with E-state index in [-0.39, 0.29) is 29.9 Å². The van der Waals surface area contributed by atoms with Crippen molar-refractivity contribution in [1.82, 2.24) is 9.78 Å². The molecule has 6 nitrogen and oxygen atoms in total. The number of aromatic nitrogens is 2. The molecule has 130 valence electrons. The molecule has 0 spiro atoms. The van der Waals surface area contributed by atoms with Crippen LogP contribution in [0.1, 0.15) is 31.7 Å². The molecule has 0 aliphatic carbocycles. The summed E-state index contributed by atoms with van der Waals surface area (Å²) in [6.07, 6.45) is 2.36. The quantitative estimate of drug-likeness (QED) is 0.794. The first-order valence-corrected chi connectivity index (χ1v) is 9.87. The molecule has 0 saturated heterocycles. The van der Waals surface area contributed by atoms with Gasteiger partial charge < -0.3 is 5.32 Å². The largest absolute Gasteiger partial charge is 0.309 e. The third kappa shape index (κ3) is 4.92. The highest BCUT2D eigenvalue weighted by Crippen LogP contribution is 2.21. The molecule has 0 fully saturated rings. The summed E-state index contributed by atoms with van der Waals surface area (Å²) in [4.78, 5) is 12.5. The number of sulfone groups is 1. The van der Waals surface area contributed by atoms with Crippen molar-refractivity contribution in [1.29, 1.82) is 0 Å². The van der Waals surface area contributed by atoms with Crippen molar-refractivity contribution in [3.8, 4) is 0 Å². The van der Waals surface area contributed by atoms with Crippen LogP contribution in [0.3, 0.4) is 0 Å². The topological polar surface area (TPSA) is 81.1 Å². The highest BCUT2D eigenvalue weighted by atomic mass is 32.2. The molecule has 7 heteroatoms. The van der Waals surface area contributed by atoms with Gasteiger partial charge in [-0.05, 0) is 12.0 Å². The van der Waals surface area contributed by atoms with Crippen LogP contribution in [-0.4, -0.2) is 35.6 Å². The Kier molecular flexibility index (Phi) is 6.14. The van der Waals surface area contributed by atoms with E-state index in [1.165, 1.54) is 4.68 Å². The van der Waals surface area contributed by atoms with Gasteiger partial charge in [-0.25, -0.2) is 8.42 Å². The summed E-state index contributed by atoms with van der Waals surface area (Å²) >= 11 is 0. The third-order valence-corrected chi connectivity index (χ3v) is 5.57. The van der Waals surface area contributed by atoms with Crippen molar-refractivity contribution in [3.05, 3.63) is 48.2 Å². The molecule has 1 heterocycles. The van der Waals surface area contributed by atoms with Crippen molar-refractivity contribution in [3.63, 3.8) is 0 Å². The SMILES string of the molecule is CC[C@@H](C(=O)Nc1ccn(CCS(=O)(=O)CC)n1)c1ccccc1.